The molecule has 0 radical (unpaired) electrons. The molecule has 26 heavy (non-hydrogen) atoms. The van der Waals surface area contributed by atoms with Crippen LogP contribution >= 0.6 is 11.3 Å². The molecule has 0 atom stereocenters. The normalized spacial score (nSPS) is 10.7. The number of benzene rings is 2. The van der Waals surface area contributed by atoms with E-state index < -0.39 is 5.97 Å². The molecule has 1 aromatic heterocycles. The van der Waals surface area contributed by atoms with Crippen molar-refractivity contribution in [1.82, 2.24) is 0 Å². The number of hydrogen-bond acceptors (Lipinski definition) is 5. The van der Waals surface area contributed by atoms with E-state index in [4.69, 9.17) is 9.47 Å². The second-order valence-corrected chi connectivity index (χ2v) is 6.31. The van der Waals surface area contributed by atoms with Gasteiger partial charge in [0.15, 0.2) is 5.78 Å². The van der Waals surface area contributed by atoms with Crippen LogP contribution in [0, 0.1) is 0 Å². The van der Waals surface area contributed by atoms with Gasteiger partial charge in [0.25, 0.3) is 0 Å². The molecule has 0 N–H and O–H groups in total. The molecule has 0 unspecified atom stereocenters. The zero-order valence-corrected chi connectivity index (χ0v) is 14.9. The van der Waals surface area contributed by atoms with Gasteiger partial charge in [-0.05, 0) is 60.0 Å². The standard InChI is InChI=1S/C21H16O4S/c1-24-20-7-3-2-6-18(20)21(23)25-16-10-8-15(9-11-16)19(22)13-12-17-5-4-14-26-17/h2-14H,1H3/b13-12+. The molecule has 2 aromatic carbocycles. The first-order chi connectivity index (χ1) is 12.7. The minimum atomic E-state index is -0.515. The summed E-state index contributed by atoms with van der Waals surface area (Å²) in [6.45, 7) is 0. The number of para-hydroxylation sites is 1. The molecule has 130 valence electrons. The Kier molecular flexibility index (Phi) is 5.61. The lowest BCUT2D eigenvalue weighted by Gasteiger charge is -2.08. The highest BCUT2D eigenvalue weighted by atomic mass is 32.1. The average molecular weight is 364 g/mol. The van der Waals surface area contributed by atoms with Gasteiger partial charge in [0.05, 0.1) is 7.11 Å². The smallest absolute Gasteiger partial charge is 0.347 e. The molecular weight excluding hydrogens is 348 g/mol. The van der Waals surface area contributed by atoms with Crippen LogP contribution in [0.3, 0.4) is 0 Å². The van der Waals surface area contributed by atoms with E-state index in [1.807, 2.05) is 17.5 Å². The summed E-state index contributed by atoms with van der Waals surface area (Å²) in [5, 5.41) is 1.95. The fraction of sp³-hybridized carbons (Fsp3) is 0.0476. The average Bonchev–Trinajstić information content (AvgIpc) is 3.20. The second kappa shape index (κ2) is 8.27. The first-order valence-corrected chi connectivity index (χ1v) is 8.76. The highest BCUT2D eigenvalue weighted by Gasteiger charge is 2.14. The Morgan fingerprint density at radius 1 is 0.962 bits per heavy atom. The van der Waals surface area contributed by atoms with Gasteiger partial charge in [-0.1, -0.05) is 18.2 Å². The Labute approximate surface area is 155 Å². The fourth-order valence-corrected chi connectivity index (χ4v) is 2.92. The summed E-state index contributed by atoms with van der Waals surface area (Å²) in [5.41, 5.74) is 0.865. The van der Waals surface area contributed by atoms with Gasteiger partial charge in [-0.3, -0.25) is 4.79 Å². The third-order valence-corrected chi connectivity index (χ3v) is 4.46. The summed E-state index contributed by atoms with van der Waals surface area (Å²) in [5.74, 6) is 0.183. The van der Waals surface area contributed by atoms with Crippen LogP contribution in [0.25, 0.3) is 6.08 Å². The van der Waals surface area contributed by atoms with E-state index in [0.29, 0.717) is 22.6 Å². The fourth-order valence-electron chi connectivity index (χ4n) is 2.30. The number of ether oxygens (including phenoxy) is 2. The number of carbonyl (C=O) groups is 2. The largest absolute Gasteiger partial charge is 0.496 e. The molecule has 0 spiro atoms. The lowest BCUT2D eigenvalue weighted by molar-refractivity contribution is 0.0731. The number of allylic oxidation sites excluding steroid dienone is 1. The maximum absolute atomic E-state index is 12.3. The van der Waals surface area contributed by atoms with E-state index >= 15 is 0 Å². The van der Waals surface area contributed by atoms with Crippen LogP contribution in [-0.2, 0) is 0 Å². The summed E-state index contributed by atoms with van der Waals surface area (Å²) in [7, 11) is 1.50. The first-order valence-electron chi connectivity index (χ1n) is 7.88. The number of rotatable bonds is 6. The molecular formula is C21H16O4S. The molecule has 0 aliphatic carbocycles. The number of thiophene rings is 1. The van der Waals surface area contributed by atoms with Crippen LogP contribution in [-0.4, -0.2) is 18.9 Å². The van der Waals surface area contributed by atoms with Crippen molar-refractivity contribution in [2.75, 3.05) is 7.11 Å². The van der Waals surface area contributed by atoms with Crippen LogP contribution in [0.2, 0.25) is 0 Å². The molecule has 0 aliphatic heterocycles. The van der Waals surface area contributed by atoms with Crippen molar-refractivity contribution < 1.29 is 19.1 Å². The number of hydrogen-bond donors (Lipinski definition) is 0. The topological polar surface area (TPSA) is 52.6 Å². The Hall–Kier alpha value is -3.18. The quantitative estimate of drug-likeness (QED) is 0.271. The highest BCUT2D eigenvalue weighted by molar-refractivity contribution is 7.10. The van der Waals surface area contributed by atoms with Crippen molar-refractivity contribution in [3.63, 3.8) is 0 Å². The van der Waals surface area contributed by atoms with Gasteiger partial charge in [-0.2, -0.15) is 0 Å². The minimum absolute atomic E-state index is 0.110. The molecule has 0 amide bonds. The highest BCUT2D eigenvalue weighted by Crippen LogP contribution is 2.21. The molecule has 3 rings (SSSR count). The van der Waals surface area contributed by atoms with E-state index in [9.17, 15) is 9.59 Å². The molecule has 0 aliphatic rings. The monoisotopic (exact) mass is 364 g/mol. The van der Waals surface area contributed by atoms with Crippen LogP contribution in [0.1, 0.15) is 25.6 Å². The van der Waals surface area contributed by atoms with Gasteiger partial charge in [0.2, 0.25) is 0 Å². The van der Waals surface area contributed by atoms with E-state index in [1.165, 1.54) is 13.2 Å². The van der Waals surface area contributed by atoms with Crippen LogP contribution < -0.4 is 9.47 Å². The molecule has 1 heterocycles. The van der Waals surface area contributed by atoms with Crippen molar-refractivity contribution in [2.24, 2.45) is 0 Å². The van der Waals surface area contributed by atoms with Crippen molar-refractivity contribution in [3.05, 3.63) is 88.1 Å². The van der Waals surface area contributed by atoms with Crippen molar-refractivity contribution in [1.29, 1.82) is 0 Å². The molecule has 0 fully saturated rings. The summed E-state index contributed by atoms with van der Waals surface area (Å²) in [4.78, 5) is 25.5. The van der Waals surface area contributed by atoms with Gasteiger partial charge in [0, 0.05) is 10.4 Å². The third-order valence-electron chi connectivity index (χ3n) is 3.62. The zero-order valence-electron chi connectivity index (χ0n) is 14.0. The predicted molar refractivity (Wildman–Crippen MR) is 102 cm³/mol. The summed E-state index contributed by atoms with van der Waals surface area (Å²) < 4.78 is 10.5. The molecule has 0 saturated heterocycles. The van der Waals surface area contributed by atoms with E-state index in [0.717, 1.165) is 4.88 Å². The van der Waals surface area contributed by atoms with Gasteiger partial charge >= 0.3 is 5.97 Å². The van der Waals surface area contributed by atoms with Gasteiger partial charge < -0.3 is 9.47 Å². The summed E-state index contributed by atoms with van der Waals surface area (Å²) in [6.07, 6.45) is 3.31. The zero-order chi connectivity index (χ0) is 18.4. The Balaban J connectivity index is 1.67. The van der Waals surface area contributed by atoms with Crippen molar-refractivity contribution in [3.8, 4) is 11.5 Å². The van der Waals surface area contributed by atoms with Crippen molar-refractivity contribution >= 4 is 29.2 Å². The van der Waals surface area contributed by atoms with E-state index in [1.54, 1.807) is 65.9 Å². The Bertz CT molecular complexity index is 925. The third kappa shape index (κ3) is 4.26. The number of esters is 1. The summed E-state index contributed by atoms with van der Waals surface area (Å²) in [6, 6.07) is 17.2. The van der Waals surface area contributed by atoms with E-state index in [-0.39, 0.29) is 5.78 Å². The Morgan fingerprint density at radius 3 is 2.42 bits per heavy atom. The SMILES string of the molecule is COc1ccccc1C(=O)Oc1ccc(C(=O)/C=C/c2cccs2)cc1. The molecule has 0 saturated carbocycles. The van der Waals surface area contributed by atoms with Gasteiger partial charge in [0.1, 0.15) is 17.1 Å². The van der Waals surface area contributed by atoms with Gasteiger partial charge in [-0.25, -0.2) is 4.79 Å². The predicted octanol–water partition coefficient (Wildman–Crippen LogP) is 4.87. The van der Waals surface area contributed by atoms with Crippen LogP contribution in [0.15, 0.2) is 72.1 Å². The van der Waals surface area contributed by atoms with E-state index in [2.05, 4.69) is 0 Å². The summed E-state index contributed by atoms with van der Waals surface area (Å²) >= 11 is 1.56. The Morgan fingerprint density at radius 2 is 1.73 bits per heavy atom. The molecule has 0 bridgehead atoms. The van der Waals surface area contributed by atoms with Gasteiger partial charge in [-0.15, -0.1) is 11.3 Å². The number of methoxy groups -OCH3 is 1. The molecule has 3 aromatic rings. The van der Waals surface area contributed by atoms with Crippen molar-refractivity contribution in [2.45, 2.75) is 0 Å². The lowest BCUT2D eigenvalue weighted by Crippen LogP contribution is -2.10. The lowest BCUT2D eigenvalue weighted by atomic mass is 10.1. The maximum Gasteiger partial charge on any atom is 0.347 e. The first kappa shape index (κ1) is 17.6. The number of carbonyl (C=O) groups excluding carboxylic acids is 2. The minimum Gasteiger partial charge on any atom is -0.496 e. The second-order valence-electron chi connectivity index (χ2n) is 5.33. The van der Waals surface area contributed by atoms with Crippen LogP contribution in [0.4, 0.5) is 0 Å². The molecule has 5 heteroatoms. The molecule has 4 nitrogen and oxygen atoms in total. The van der Waals surface area contributed by atoms with Crippen LogP contribution in [0.5, 0.6) is 11.5 Å². The number of ketones is 1. The maximum atomic E-state index is 12.3.